The third-order valence-electron chi connectivity index (χ3n) is 5.80. The predicted molar refractivity (Wildman–Crippen MR) is 81.2 cm³/mol. The highest BCUT2D eigenvalue weighted by atomic mass is 32.1. The summed E-state index contributed by atoms with van der Waals surface area (Å²) in [7, 11) is 0. The van der Waals surface area contributed by atoms with Gasteiger partial charge in [0, 0.05) is 19.0 Å². The Hall–Kier alpha value is -0.680. The summed E-state index contributed by atoms with van der Waals surface area (Å²) in [5.74, 6) is 0.348. The molecule has 1 aliphatic heterocycles. The van der Waals surface area contributed by atoms with Crippen LogP contribution in [0.2, 0.25) is 0 Å². The van der Waals surface area contributed by atoms with Crippen molar-refractivity contribution in [3.8, 4) is 0 Å². The van der Waals surface area contributed by atoms with Crippen molar-refractivity contribution in [1.82, 2.24) is 4.90 Å². The van der Waals surface area contributed by atoms with Gasteiger partial charge in [0.05, 0.1) is 16.0 Å². The first-order valence-electron chi connectivity index (χ1n) is 7.80. The lowest BCUT2D eigenvalue weighted by molar-refractivity contribution is -0.153. The van der Waals surface area contributed by atoms with E-state index >= 15 is 0 Å². The van der Waals surface area contributed by atoms with Crippen LogP contribution in [0.25, 0.3) is 0 Å². The molecule has 3 fully saturated rings. The highest BCUT2D eigenvalue weighted by Gasteiger charge is 2.51. The van der Waals surface area contributed by atoms with Gasteiger partial charge < -0.3 is 15.7 Å². The zero-order chi connectivity index (χ0) is 14.4. The first-order chi connectivity index (χ1) is 9.48. The topological polar surface area (TPSA) is 66.6 Å². The fourth-order valence-electron chi connectivity index (χ4n) is 4.15. The number of likely N-dealkylation sites (tertiary alicyclic amines) is 1. The molecule has 0 spiro atoms. The van der Waals surface area contributed by atoms with Crippen molar-refractivity contribution >= 4 is 23.1 Å². The van der Waals surface area contributed by atoms with Crippen LogP contribution in [-0.2, 0) is 4.79 Å². The van der Waals surface area contributed by atoms with Gasteiger partial charge in [0.2, 0.25) is 5.91 Å². The van der Waals surface area contributed by atoms with Crippen molar-refractivity contribution in [2.45, 2.75) is 57.0 Å². The van der Waals surface area contributed by atoms with Gasteiger partial charge in [-0.2, -0.15) is 0 Å². The summed E-state index contributed by atoms with van der Waals surface area (Å²) in [5.41, 5.74) is 4.73. The van der Waals surface area contributed by atoms with Crippen LogP contribution in [0.5, 0.6) is 0 Å². The Balaban J connectivity index is 1.73. The van der Waals surface area contributed by atoms with Crippen molar-refractivity contribution in [3.63, 3.8) is 0 Å². The van der Waals surface area contributed by atoms with E-state index in [1.54, 1.807) is 0 Å². The van der Waals surface area contributed by atoms with Crippen LogP contribution in [0.15, 0.2) is 0 Å². The molecular weight excluding hydrogens is 272 g/mol. The smallest absolute Gasteiger partial charge is 0.235 e. The maximum absolute atomic E-state index is 12.8. The first kappa shape index (κ1) is 14.3. The summed E-state index contributed by atoms with van der Waals surface area (Å²) in [6.07, 6.45) is 7.52. The number of rotatable bonds is 2. The number of nitrogens with zero attached hydrogens (tertiary/aromatic N) is 1. The summed E-state index contributed by atoms with van der Waals surface area (Å²) in [6.45, 7) is 1.33. The molecular formula is C15H24N2O2S. The Morgan fingerprint density at radius 3 is 2.55 bits per heavy atom. The van der Waals surface area contributed by atoms with Crippen LogP contribution in [-0.4, -0.2) is 39.6 Å². The molecule has 3 aliphatic rings. The number of carbonyl (C=O) groups excluding carboxylic acids is 1. The van der Waals surface area contributed by atoms with E-state index in [2.05, 4.69) is 0 Å². The fourth-order valence-corrected chi connectivity index (χ4v) is 4.45. The normalized spacial score (nSPS) is 35.9. The zero-order valence-electron chi connectivity index (χ0n) is 11.9. The average Bonchev–Trinajstić information content (AvgIpc) is 2.35. The van der Waals surface area contributed by atoms with Crippen LogP contribution in [0, 0.1) is 11.3 Å². The third kappa shape index (κ3) is 2.06. The van der Waals surface area contributed by atoms with E-state index in [9.17, 15) is 9.90 Å². The van der Waals surface area contributed by atoms with Crippen molar-refractivity contribution in [2.75, 3.05) is 13.1 Å². The van der Waals surface area contributed by atoms with Crippen LogP contribution in [0.4, 0.5) is 0 Å². The number of piperidine rings is 1. The molecule has 0 bridgehead atoms. The Bertz CT molecular complexity index is 436. The minimum atomic E-state index is -0.570. The maximum atomic E-state index is 12.8. The van der Waals surface area contributed by atoms with E-state index in [0.29, 0.717) is 24.5 Å². The molecule has 2 saturated carbocycles. The van der Waals surface area contributed by atoms with Gasteiger partial charge in [0.15, 0.2) is 0 Å². The number of fused-ring (bicyclic) bond motifs is 1. The number of nitrogens with two attached hydrogens (primary N) is 1. The lowest BCUT2D eigenvalue weighted by Crippen LogP contribution is -2.60. The van der Waals surface area contributed by atoms with Gasteiger partial charge in [0.1, 0.15) is 0 Å². The van der Waals surface area contributed by atoms with Crippen molar-refractivity contribution in [3.05, 3.63) is 0 Å². The Labute approximate surface area is 125 Å². The van der Waals surface area contributed by atoms with Gasteiger partial charge >= 0.3 is 0 Å². The van der Waals surface area contributed by atoms with Crippen molar-refractivity contribution in [1.29, 1.82) is 0 Å². The van der Waals surface area contributed by atoms with Gasteiger partial charge in [-0.15, -0.1) is 0 Å². The molecule has 2 atom stereocenters. The van der Waals surface area contributed by atoms with E-state index in [4.69, 9.17) is 18.0 Å². The molecule has 1 saturated heterocycles. The van der Waals surface area contributed by atoms with Crippen LogP contribution in [0.1, 0.15) is 51.4 Å². The molecule has 4 nitrogen and oxygen atoms in total. The molecule has 0 aromatic heterocycles. The maximum Gasteiger partial charge on any atom is 0.235 e. The summed E-state index contributed by atoms with van der Waals surface area (Å²) >= 11 is 5.14. The van der Waals surface area contributed by atoms with Crippen molar-refractivity contribution < 1.29 is 9.90 Å². The number of hydrogen-bond acceptors (Lipinski definition) is 3. The molecule has 0 aromatic carbocycles. The number of thiocarbonyl (C=S) groups is 1. The minimum Gasteiger partial charge on any atom is -0.392 e. The second kappa shape index (κ2) is 4.95. The third-order valence-corrected chi connectivity index (χ3v) is 6.19. The molecule has 3 rings (SSSR count). The quantitative estimate of drug-likeness (QED) is 0.760. The summed E-state index contributed by atoms with van der Waals surface area (Å²) < 4.78 is 0. The van der Waals surface area contributed by atoms with Gasteiger partial charge in [-0.05, 0) is 32.1 Å². The van der Waals surface area contributed by atoms with Gasteiger partial charge in [-0.1, -0.05) is 31.5 Å². The molecule has 112 valence electrons. The summed E-state index contributed by atoms with van der Waals surface area (Å²) in [4.78, 5) is 15.1. The molecule has 2 aliphatic carbocycles. The highest BCUT2D eigenvalue weighted by Crippen LogP contribution is 2.45. The van der Waals surface area contributed by atoms with E-state index < -0.39 is 11.0 Å². The molecule has 1 heterocycles. The Kier molecular flexibility index (Phi) is 3.53. The molecule has 1 amide bonds. The van der Waals surface area contributed by atoms with Crippen molar-refractivity contribution in [2.24, 2.45) is 17.1 Å². The fraction of sp³-hybridized carbons (Fsp3) is 0.867. The summed E-state index contributed by atoms with van der Waals surface area (Å²) in [5, 5.41) is 10.7. The second-order valence-electron chi connectivity index (χ2n) is 6.85. The van der Waals surface area contributed by atoms with Gasteiger partial charge in [0.25, 0.3) is 0 Å². The van der Waals surface area contributed by atoms with E-state index in [-0.39, 0.29) is 11.8 Å². The number of hydrogen-bond donors (Lipinski definition) is 2. The van der Waals surface area contributed by atoms with E-state index in [1.165, 1.54) is 0 Å². The minimum absolute atomic E-state index is 0.115. The zero-order valence-corrected chi connectivity index (χ0v) is 12.8. The molecule has 5 heteroatoms. The Morgan fingerprint density at radius 2 is 1.95 bits per heavy atom. The molecule has 3 N–H and O–H groups in total. The standard InChI is InChI=1S/C15H24N2O2S/c16-12(20)14(5-3-6-14)13(18)17-9-8-15(19)7-2-1-4-11(15)10-17/h11,19H,1-10H2,(H2,16,20). The molecule has 0 aromatic rings. The van der Waals surface area contributed by atoms with Crippen LogP contribution < -0.4 is 5.73 Å². The SMILES string of the molecule is NC(=S)C1(C(=O)N2CCC3(O)CCCCC3C2)CCC1. The monoisotopic (exact) mass is 296 g/mol. The second-order valence-corrected chi connectivity index (χ2v) is 7.29. The summed E-state index contributed by atoms with van der Waals surface area (Å²) in [6, 6.07) is 0. The van der Waals surface area contributed by atoms with Crippen LogP contribution in [0.3, 0.4) is 0 Å². The lowest BCUT2D eigenvalue weighted by Gasteiger charge is -2.50. The molecule has 2 unspecified atom stereocenters. The highest BCUT2D eigenvalue weighted by molar-refractivity contribution is 7.80. The first-order valence-corrected chi connectivity index (χ1v) is 8.20. The number of carbonyl (C=O) groups is 1. The van der Waals surface area contributed by atoms with Gasteiger partial charge in [-0.3, -0.25) is 4.79 Å². The predicted octanol–water partition coefficient (Wildman–Crippen LogP) is 1.60. The number of aliphatic hydroxyl groups is 1. The Morgan fingerprint density at radius 1 is 1.20 bits per heavy atom. The lowest BCUT2D eigenvalue weighted by atomic mass is 9.66. The largest absolute Gasteiger partial charge is 0.392 e. The van der Waals surface area contributed by atoms with Crippen LogP contribution >= 0.6 is 12.2 Å². The molecule has 0 radical (unpaired) electrons. The van der Waals surface area contributed by atoms with E-state index in [1.807, 2.05) is 4.90 Å². The van der Waals surface area contributed by atoms with E-state index in [0.717, 1.165) is 44.9 Å². The molecule has 20 heavy (non-hydrogen) atoms. The van der Waals surface area contributed by atoms with Gasteiger partial charge in [-0.25, -0.2) is 0 Å². The number of amides is 1. The average molecular weight is 296 g/mol.